The summed E-state index contributed by atoms with van der Waals surface area (Å²) in [7, 11) is 6.16. The lowest BCUT2D eigenvalue weighted by atomic mass is 9.95. The Morgan fingerprint density at radius 3 is 2.30 bits per heavy atom. The average molecular weight is 413 g/mol. The molecule has 3 rings (SSSR count). The van der Waals surface area contributed by atoms with Crippen molar-refractivity contribution in [3.63, 3.8) is 0 Å². The first-order valence-electron chi connectivity index (χ1n) is 9.82. The molecule has 0 aliphatic heterocycles. The van der Waals surface area contributed by atoms with Crippen LogP contribution in [0.5, 0.6) is 23.0 Å². The van der Waals surface area contributed by atoms with Crippen LogP contribution in [0.1, 0.15) is 36.9 Å². The zero-order valence-electron chi connectivity index (χ0n) is 18.0. The van der Waals surface area contributed by atoms with Gasteiger partial charge in [0.1, 0.15) is 0 Å². The molecule has 160 valence electrons. The molecule has 0 spiro atoms. The standard InChI is InChI=1S/C23H27NO6/c1-6-20(26)24-16-9-7-13-11-19(28-3)22(29-4)23(30-5)21(13)14-8-10-17(25)18(27-2)12-15(14)16/h8,10-12,16H,6-7,9H2,1-5H3,(H,24,26)/t16-/m0/s1. The quantitative estimate of drug-likeness (QED) is 0.783. The second-order valence-corrected chi connectivity index (χ2v) is 6.97. The van der Waals surface area contributed by atoms with Gasteiger partial charge in [-0.3, -0.25) is 9.59 Å². The van der Waals surface area contributed by atoms with Crippen molar-refractivity contribution in [2.24, 2.45) is 0 Å². The van der Waals surface area contributed by atoms with E-state index in [0.29, 0.717) is 36.5 Å². The van der Waals surface area contributed by atoms with Gasteiger partial charge in [0.15, 0.2) is 17.2 Å². The van der Waals surface area contributed by atoms with Gasteiger partial charge in [-0.1, -0.05) is 6.92 Å². The van der Waals surface area contributed by atoms with E-state index in [0.717, 1.165) is 22.3 Å². The van der Waals surface area contributed by atoms with Gasteiger partial charge < -0.3 is 24.3 Å². The predicted molar refractivity (Wildman–Crippen MR) is 114 cm³/mol. The first kappa shape index (κ1) is 21.5. The van der Waals surface area contributed by atoms with Crippen molar-refractivity contribution >= 4 is 5.91 Å². The highest BCUT2D eigenvalue weighted by atomic mass is 16.5. The van der Waals surface area contributed by atoms with Crippen molar-refractivity contribution in [2.75, 3.05) is 28.4 Å². The van der Waals surface area contributed by atoms with E-state index in [1.54, 1.807) is 33.5 Å². The third kappa shape index (κ3) is 3.79. The monoisotopic (exact) mass is 413 g/mol. The van der Waals surface area contributed by atoms with Gasteiger partial charge in [0.2, 0.25) is 17.1 Å². The minimum atomic E-state index is -0.290. The summed E-state index contributed by atoms with van der Waals surface area (Å²) in [6.45, 7) is 1.81. The third-order valence-corrected chi connectivity index (χ3v) is 5.38. The molecular weight excluding hydrogens is 386 g/mol. The summed E-state index contributed by atoms with van der Waals surface area (Å²) in [5.74, 6) is 1.71. The molecule has 0 bridgehead atoms. The van der Waals surface area contributed by atoms with E-state index in [2.05, 4.69) is 5.32 Å². The Hall–Kier alpha value is -3.22. The zero-order valence-corrected chi connectivity index (χ0v) is 18.0. The molecule has 2 aromatic carbocycles. The van der Waals surface area contributed by atoms with Crippen LogP contribution in [0.4, 0.5) is 0 Å². The molecule has 1 N–H and O–H groups in total. The van der Waals surface area contributed by atoms with E-state index in [4.69, 9.17) is 18.9 Å². The van der Waals surface area contributed by atoms with Crippen molar-refractivity contribution in [3.8, 4) is 34.1 Å². The molecule has 0 aromatic heterocycles. The van der Waals surface area contributed by atoms with Gasteiger partial charge in [0, 0.05) is 12.0 Å². The van der Waals surface area contributed by atoms with Gasteiger partial charge in [0.25, 0.3) is 0 Å². The number of benzene rings is 1. The molecule has 0 heterocycles. The van der Waals surface area contributed by atoms with E-state index in [-0.39, 0.29) is 23.1 Å². The lowest BCUT2D eigenvalue weighted by Gasteiger charge is -2.20. The number of methoxy groups -OCH3 is 4. The number of aryl methyl sites for hydroxylation is 1. The average Bonchev–Trinajstić information content (AvgIpc) is 3.01. The summed E-state index contributed by atoms with van der Waals surface area (Å²) < 4.78 is 22.1. The zero-order chi connectivity index (χ0) is 21.8. The smallest absolute Gasteiger partial charge is 0.220 e. The van der Waals surface area contributed by atoms with E-state index in [1.807, 2.05) is 13.0 Å². The van der Waals surface area contributed by atoms with E-state index >= 15 is 0 Å². The van der Waals surface area contributed by atoms with Gasteiger partial charge in [-0.15, -0.1) is 0 Å². The molecule has 7 nitrogen and oxygen atoms in total. The van der Waals surface area contributed by atoms with Crippen molar-refractivity contribution in [3.05, 3.63) is 45.6 Å². The fourth-order valence-corrected chi connectivity index (χ4v) is 3.90. The first-order valence-corrected chi connectivity index (χ1v) is 9.82. The molecule has 1 aliphatic rings. The molecule has 0 fully saturated rings. The number of amides is 1. The Labute approximate surface area is 175 Å². The van der Waals surface area contributed by atoms with Crippen molar-refractivity contribution < 1.29 is 23.7 Å². The molecule has 0 saturated heterocycles. The fourth-order valence-electron chi connectivity index (χ4n) is 3.90. The Balaban J connectivity index is 2.39. The Bertz CT molecular complexity index is 1020. The highest BCUT2D eigenvalue weighted by Gasteiger charge is 2.29. The van der Waals surface area contributed by atoms with E-state index < -0.39 is 0 Å². The van der Waals surface area contributed by atoms with Crippen LogP contribution in [0, 0.1) is 0 Å². The molecule has 2 aromatic rings. The second-order valence-electron chi connectivity index (χ2n) is 6.97. The first-order chi connectivity index (χ1) is 14.5. The van der Waals surface area contributed by atoms with Crippen LogP contribution in [0.2, 0.25) is 0 Å². The minimum Gasteiger partial charge on any atom is -0.493 e. The van der Waals surface area contributed by atoms with Crippen LogP contribution in [0.25, 0.3) is 11.1 Å². The normalized spacial score (nSPS) is 14.6. The highest BCUT2D eigenvalue weighted by molar-refractivity contribution is 5.83. The van der Waals surface area contributed by atoms with Crippen LogP contribution >= 0.6 is 0 Å². The summed E-state index contributed by atoms with van der Waals surface area (Å²) in [6.07, 6.45) is 1.68. The van der Waals surface area contributed by atoms with Crippen LogP contribution in [0.3, 0.4) is 0 Å². The SMILES string of the molecule is CCC(=O)N[C@H]1CCc2cc(OC)c(OC)c(OC)c2-c2ccc(=O)c(OC)cc21. The summed E-state index contributed by atoms with van der Waals surface area (Å²) in [6, 6.07) is 6.57. The van der Waals surface area contributed by atoms with Crippen LogP contribution in [-0.2, 0) is 11.2 Å². The van der Waals surface area contributed by atoms with E-state index in [9.17, 15) is 9.59 Å². The maximum atomic E-state index is 12.5. The van der Waals surface area contributed by atoms with Gasteiger partial charge in [0.05, 0.1) is 34.5 Å². The topological polar surface area (TPSA) is 83.1 Å². The molecule has 1 aliphatic carbocycles. The Morgan fingerprint density at radius 1 is 1.00 bits per heavy atom. The lowest BCUT2D eigenvalue weighted by molar-refractivity contribution is -0.121. The fraction of sp³-hybridized carbons (Fsp3) is 0.391. The summed E-state index contributed by atoms with van der Waals surface area (Å²) in [5, 5.41) is 3.08. The maximum Gasteiger partial charge on any atom is 0.220 e. The highest BCUT2D eigenvalue weighted by Crippen LogP contribution is 2.50. The summed E-state index contributed by atoms with van der Waals surface area (Å²) >= 11 is 0. The van der Waals surface area contributed by atoms with Gasteiger partial charge in [-0.2, -0.15) is 0 Å². The maximum absolute atomic E-state index is 12.5. The largest absolute Gasteiger partial charge is 0.493 e. The van der Waals surface area contributed by atoms with Crippen molar-refractivity contribution in [1.29, 1.82) is 0 Å². The van der Waals surface area contributed by atoms with Crippen molar-refractivity contribution in [1.82, 2.24) is 5.32 Å². The molecule has 0 unspecified atom stereocenters. The number of nitrogens with one attached hydrogen (secondary N) is 1. The van der Waals surface area contributed by atoms with Gasteiger partial charge >= 0.3 is 0 Å². The summed E-state index contributed by atoms with van der Waals surface area (Å²) in [5.41, 5.74) is 3.13. The van der Waals surface area contributed by atoms with Crippen LogP contribution in [-0.4, -0.2) is 34.3 Å². The number of carbonyl (C=O) groups is 1. The minimum absolute atomic E-state index is 0.0631. The molecule has 7 heteroatoms. The lowest BCUT2D eigenvalue weighted by Crippen LogP contribution is -2.27. The molecule has 0 radical (unpaired) electrons. The van der Waals surface area contributed by atoms with Gasteiger partial charge in [-0.25, -0.2) is 0 Å². The number of rotatable bonds is 6. The second kappa shape index (κ2) is 9.07. The number of ether oxygens (including phenoxy) is 4. The van der Waals surface area contributed by atoms with Gasteiger partial charge in [-0.05, 0) is 53.8 Å². The molecule has 30 heavy (non-hydrogen) atoms. The molecular formula is C23H27NO6. The molecule has 1 amide bonds. The predicted octanol–water partition coefficient (Wildman–Crippen LogP) is 3.26. The van der Waals surface area contributed by atoms with Crippen molar-refractivity contribution in [2.45, 2.75) is 32.2 Å². The number of hydrogen-bond donors (Lipinski definition) is 1. The summed E-state index contributed by atoms with van der Waals surface area (Å²) in [4.78, 5) is 24.7. The third-order valence-electron chi connectivity index (χ3n) is 5.38. The Morgan fingerprint density at radius 2 is 1.70 bits per heavy atom. The van der Waals surface area contributed by atoms with E-state index in [1.165, 1.54) is 13.2 Å². The molecule has 1 atom stereocenters. The van der Waals surface area contributed by atoms with Crippen LogP contribution < -0.4 is 29.7 Å². The molecule has 0 saturated carbocycles. The number of carbonyl (C=O) groups excluding carboxylic acids is 1. The van der Waals surface area contributed by atoms with Crippen LogP contribution in [0.15, 0.2) is 29.1 Å². The Kier molecular flexibility index (Phi) is 6.50. The number of hydrogen-bond acceptors (Lipinski definition) is 6. The number of fused-ring (bicyclic) bond motifs is 3.